The minimum atomic E-state index is -1.35. The summed E-state index contributed by atoms with van der Waals surface area (Å²) in [4.78, 5) is 26.5. The van der Waals surface area contributed by atoms with E-state index in [2.05, 4.69) is 30.6 Å². The smallest absolute Gasteiger partial charge is 0.280 e. The highest BCUT2D eigenvalue weighted by Crippen LogP contribution is 2.18. The van der Waals surface area contributed by atoms with Crippen LogP contribution in [0.15, 0.2) is 46.8 Å². The predicted molar refractivity (Wildman–Crippen MR) is 110 cm³/mol. The number of ether oxygens (including phenoxy) is 1. The number of aromatic nitrogens is 4. The van der Waals surface area contributed by atoms with Crippen molar-refractivity contribution < 1.29 is 23.0 Å². The Morgan fingerprint density at radius 3 is 2.87 bits per heavy atom. The average Bonchev–Trinajstić information content (AvgIpc) is 3.53. The Labute approximate surface area is 182 Å². The van der Waals surface area contributed by atoms with Crippen LogP contribution in [0.3, 0.4) is 0 Å². The van der Waals surface area contributed by atoms with Gasteiger partial charge in [-0.05, 0) is 12.1 Å². The summed E-state index contributed by atoms with van der Waals surface area (Å²) in [6.07, 6.45) is 2.77. The third-order valence-electron chi connectivity index (χ3n) is 4.22. The molecule has 13 heteroatoms. The first-order valence-electron chi connectivity index (χ1n) is 9.16. The first-order valence-corrected chi connectivity index (χ1v) is 11.3. The lowest BCUT2D eigenvalue weighted by molar-refractivity contribution is -0.110. The maximum atomic E-state index is 13.2. The number of benzene rings is 1. The molecule has 31 heavy (non-hydrogen) atoms. The van der Waals surface area contributed by atoms with Crippen LogP contribution in [0.1, 0.15) is 17.8 Å². The fourth-order valence-electron chi connectivity index (χ4n) is 2.69. The first-order chi connectivity index (χ1) is 15.1. The van der Waals surface area contributed by atoms with Gasteiger partial charge in [0, 0.05) is 16.9 Å². The summed E-state index contributed by atoms with van der Waals surface area (Å²) in [6, 6.07) is 6.49. The summed E-state index contributed by atoms with van der Waals surface area (Å²) in [5.74, 6) is 0.0805. The van der Waals surface area contributed by atoms with Gasteiger partial charge in [0.2, 0.25) is 0 Å². The third kappa shape index (κ3) is 5.57. The monoisotopic (exact) mass is 464 g/mol. The number of thiazole rings is 1. The highest BCUT2D eigenvalue weighted by Gasteiger charge is 2.21. The van der Waals surface area contributed by atoms with Gasteiger partial charge in [-0.25, -0.2) is 9.97 Å². The van der Waals surface area contributed by atoms with E-state index in [0.717, 1.165) is 6.20 Å². The zero-order valence-corrected chi connectivity index (χ0v) is 17.6. The largest absolute Gasteiger partial charge is 0.389 e. The normalized spacial score (nSPS) is 17.5. The first kappa shape index (κ1) is 21.2. The van der Waals surface area contributed by atoms with E-state index in [0.29, 0.717) is 47.3 Å². The minimum absolute atomic E-state index is 0.0184. The Kier molecular flexibility index (Phi) is 6.74. The molecule has 0 aliphatic carbocycles. The van der Waals surface area contributed by atoms with Crippen molar-refractivity contribution in [3.8, 4) is 0 Å². The molecular weight excluding hydrogens is 447 g/mol. The van der Waals surface area contributed by atoms with Crippen molar-refractivity contribution in [1.29, 1.82) is 0 Å². The molecule has 1 aromatic carbocycles. The number of hydrogen-bond donors (Lipinski definition) is 2. The number of H-pyrrole nitrogens is 1. The summed E-state index contributed by atoms with van der Waals surface area (Å²) >= 11 is 0.700. The second-order valence-corrected chi connectivity index (χ2v) is 8.83. The third-order valence-corrected chi connectivity index (χ3v) is 6.25. The molecule has 162 valence electrons. The lowest BCUT2D eigenvalue weighted by Gasteiger charge is -2.10. The Morgan fingerprint density at radius 2 is 2.23 bits per heavy atom. The Morgan fingerprint density at radius 1 is 1.39 bits per heavy atom. The zero-order valence-electron chi connectivity index (χ0n) is 16.0. The Hall–Kier alpha value is -3.03. The number of rotatable bonds is 8. The fraction of sp³-hybridized carbons (Fsp3) is 0.278. The lowest BCUT2D eigenvalue weighted by atomic mass is 10.1. The molecule has 0 spiro atoms. The molecule has 3 aromatic rings. The summed E-state index contributed by atoms with van der Waals surface area (Å²) in [6.45, 7) is 0.946. The second kappa shape index (κ2) is 9.85. The molecule has 1 aliphatic rings. The number of carbonyl (C=O) groups excluding carboxylic acids is 1. The molecule has 1 unspecified atom stereocenters. The van der Waals surface area contributed by atoms with Crippen molar-refractivity contribution in [2.45, 2.75) is 23.2 Å². The van der Waals surface area contributed by atoms with Crippen molar-refractivity contribution in [2.24, 2.45) is 5.16 Å². The summed E-state index contributed by atoms with van der Waals surface area (Å²) in [5, 5.41) is 12.5. The second-order valence-electron chi connectivity index (χ2n) is 6.40. The summed E-state index contributed by atoms with van der Waals surface area (Å²) in [5.41, 5.74) is 0.420. The molecule has 2 aromatic heterocycles. The Balaban J connectivity index is 1.52. The molecule has 0 saturated carbocycles. The molecule has 0 radical (unpaired) electrons. The topological polar surface area (TPSA) is 131 Å². The van der Waals surface area contributed by atoms with E-state index in [4.69, 9.17) is 9.57 Å². The highest BCUT2D eigenvalue weighted by atomic mass is 32.2. The van der Waals surface area contributed by atoms with Crippen LogP contribution in [0.25, 0.3) is 0 Å². The molecule has 1 aliphatic heterocycles. The van der Waals surface area contributed by atoms with Gasteiger partial charge in [0.05, 0.1) is 36.0 Å². The van der Waals surface area contributed by atoms with Gasteiger partial charge in [0.25, 0.3) is 5.91 Å². The van der Waals surface area contributed by atoms with Crippen molar-refractivity contribution in [3.63, 3.8) is 0 Å². The quantitative estimate of drug-likeness (QED) is 0.384. The van der Waals surface area contributed by atoms with Gasteiger partial charge in [-0.2, -0.15) is 9.49 Å². The van der Waals surface area contributed by atoms with E-state index in [-0.39, 0.29) is 22.7 Å². The molecule has 1 saturated heterocycles. The average molecular weight is 465 g/mol. The van der Waals surface area contributed by atoms with Crippen molar-refractivity contribution in [1.82, 2.24) is 20.2 Å². The lowest BCUT2D eigenvalue weighted by Crippen LogP contribution is -2.25. The molecule has 2 atom stereocenters. The van der Waals surface area contributed by atoms with Crippen LogP contribution in [0.4, 0.5) is 9.52 Å². The highest BCUT2D eigenvalue weighted by molar-refractivity contribution is 7.84. The van der Waals surface area contributed by atoms with Crippen LogP contribution in [-0.4, -0.2) is 55.3 Å². The number of amides is 1. The van der Waals surface area contributed by atoms with Gasteiger partial charge in [0.15, 0.2) is 22.1 Å². The SMILES string of the molecule is O=C(Nc1ncc(F)s1)/C(=N/O[C@@H]1CCOC1)c1ccc(S(=O)Cc2ncn[nH]2)cc1. The number of nitrogens with zero attached hydrogens (tertiary/aromatic N) is 4. The van der Waals surface area contributed by atoms with Crippen LogP contribution in [-0.2, 0) is 30.9 Å². The van der Waals surface area contributed by atoms with Crippen molar-refractivity contribution in [3.05, 3.63) is 53.3 Å². The number of hydrogen-bond acceptors (Lipinski definition) is 9. The van der Waals surface area contributed by atoms with Gasteiger partial charge in [-0.15, -0.1) is 0 Å². The molecule has 3 heterocycles. The molecule has 2 N–H and O–H groups in total. The predicted octanol–water partition coefficient (Wildman–Crippen LogP) is 1.86. The number of nitrogens with one attached hydrogen (secondary N) is 2. The molecule has 10 nitrogen and oxygen atoms in total. The summed E-state index contributed by atoms with van der Waals surface area (Å²) in [7, 11) is -1.35. The number of carbonyl (C=O) groups is 1. The number of halogens is 1. The van der Waals surface area contributed by atoms with E-state index in [1.54, 1.807) is 24.3 Å². The van der Waals surface area contributed by atoms with Crippen molar-refractivity contribution >= 4 is 38.9 Å². The van der Waals surface area contributed by atoms with Crippen LogP contribution < -0.4 is 5.32 Å². The van der Waals surface area contributed by atoms with E-state index in [1.807, 2.05) is 0 Å². The van der Waals surface area contributed by atoms with Gasteiger partial charge in [0.1, 0.15) is 12.2 Å². The fourth-order valence-corrected chi connectivity index (χ4v) is 4.22. The van der Waals surface area contributed by atoms with E-state index in [1.165, 1.54) is 6.33 Å². The standard InChI is InChI=1S/C18H17FN6O4S2/c19-14-7-20-18(30-14)23-17(26)16(25-29-12-5-6-28-8-12)11-1-3-13(4-2-11)31(27)9-15-21-10-22-24-15/h1-4,7,10,12H,5-6,8-9H2,(H,20,23,26)(H,21,22,24)/b25-16+/t12-,31?/m1/s1. The van der Waals surface area contributed by atoms with Gasteiger partial charge < -0.3 is 9.57 Å². The summed E-state index contributed by atoms with van der Waals surface area (Å²) < 4.78 is 31.0. The van der Waals surface area contributed by atoms with Crippen molar-refractivity contribution in [2.75, 3.05) is 18.5 Å². The maximum absolute atomic E-state index is 13.2. The van der Waals surface area contributed by atoms with Crippen LogP contribution in [0.2, 0.25) is 0 Å². The minimum Gasteiger partial charge on any atom is -0.389 e. The molecule has 4 rings (SSSR count). The van der Waals surface area contributed by atoms with Gasteiger partial charge >= 0.3 is 0 Å². The van der Waals surface area contributed by atoms with Crippen LogP contribution in [0.5, 0.6) is 0 Å². The van der Waals surface area contributed by atoms with Gasteiger partial charge in [-0.1, -0.05) is 28.6 Å². The Bertz CT molecular complexity index is 1080. The molecule has 0 bridgehead atoms. The molecule has 1 fully saturated rings. The number of anilines is 1. The van der Waals surface area contributed by atoms with E-state index >= 15 is 0 Å². The maximum Gasteiger partial charge on any atom is 0.280 e. The number of oxime groups is 1. The van der Waals surface area contributed by atoms with E-state index in [9.17, 15) is 13.4 Å². The van der Waals surface area contributed by atoms with Crippen LogP contribution >= 0.6 is 11.3 Å². The molecular formula is C18H17FN6O4S2. The van der Waals surface area contributed by atoms with Gasteiger partial charge in [-0.3, -0.25) is 19.4 Å². The van der Waals surface area contributed by atoms with E-state index < -0.39 is 21.8 Å². The van der Waals surface area contributed by atoms with Crippen LogP contribution in [0, 0.1) is 5.13 Å². The zero-order chi connectivity index (χ0) is 21.6. The molecule has 1 amide bonds. The number of aromatic amines is 1.